The summed E-state index contributed by atoms with van der Waals surface area (Å²) in [5.74, 6) is 0. The Morgan fingerprint density at radius 3 is 2.09 bits per heavy atom. The standard InChI is InChI=1S/C68H60N2/c1-9-12-13-22-46(4)49(10-2)34-33-48(6)69(54-38-35-51(36-39-54)52-37-41-57(47(5)43-52)58-26-15-14-23-50(58)11-3)55-25-20-24-53(44-55)59-29-21-32-66-67(59)62-28-17-19-31-65(62)70(66)56-40-42-61-60-27-16-18-30-63(60)68(7,8)64(61)45-56/h10-45H,3,6,9H2,1-2,4-5,7-8H3/b13-12-,34-33-,46-22+,49-10+. The zero-order valence-electron chi connectivity index (χ0n) is 41.3. The summed E-state index contributed by atoms with van der Waals surface area (Å²) in [6.45, 7) is 22.1. The monoisotopic (exact) mass is 904 g/mol. The van der Waals surface area contributed by atoms with Gasteiger partial charge in [-0.25, -0.2) is 0 Å². The summed E-state index contributed by atoms with van der Waals surface area (Å²) < 4.78 is 2.46. The molecule has 10 rings (SSSR count). The van der Waals surface area contributed by atoms with Crippen molar-refractivity contribution in [3.05, 3.63) is 265 Å². The van der Waals surface area contributed by atoms with E-state index in [2.05, 4.69) is 270 Å². The number of para-hydroxylation sites is 1. The Hall–Kier alpha value is -8.20. The Morgan fingerprint density at radius 1 is 0.614 bits per heavy atom. The van der Waals surface area contributed by atoms with E-state index in [0.29, 0.717) is 0 Å². The molecule has 8 aromatic carbocycles. The third kappa shape index (κ3) is 8.20. The smallest absolute Gasteiger partial charge is 0.0547 e. The maximum Gasteiger partial charge on any atom is 0.0547 e. The first kappa shape index (κ1) is 45.6. The summed E-state index contributed by atoms with van der Waals surface area (Å²) in [6.07, 6.45) is 15.9. The fraction of sp³-hybridized carbons (Fsp3) is 0.118. The lowest BCUT2D eigenvalue weighted by Gasteiger charge is -2.26. The summed E-state index contributed by atoms with van der Waals surface area (Å²) >= 11 is 0. The van der Waals surface area contributed by atoms with Gasteiger partial charge in [0.2, 0.25) is 0 Å². The number of benzene rings is 8. The van der Waals surface area contributed by atoms with Crippen LogP contribution in [0.1, 0.15) is 63.3 Å². The lowest BCUT2D eigenvalue weighted by molar-refractivity contribution is 0.660. The molecule has 1 heterocycles. The average Bonchev–Trinajstić information content (AvgIpc) is 3.85. The molecule has 0 saturated heterocycles. The molecule has 0 atom stereocenters. The molecule has 1 aromatic heterocycles. The van der Waals surface area contributed by atoms with Crippen LogP contribution in [0, 0.1) is 6.92 Å². The van der Waals surface area contributed by atoms with Gasteiger partial charge in [-0.3, -0.25) is 0 Å². The summed E-state index contributed by atoms with van der Waals surface area (Å²) in [7, 11) is 0. The van der Waals surface area contributed by atoms with Crippen LogP contribution in [0.4, 0.5) is 11.4 Å². The maximum atomic E-state index is 4.74. The Bertz CT molecular complexity index is 3620. The van der Waals surface area contributed by atoms with Gasteiger partial charge < -0.3 is 9.47 Å². The topological polar surface area (TPSA) is 8.17 Å². The van der Waals surface area contributed by atoms with Crippen LogP contribution in [-0.2, 0) is 5.41 Å². The number of aromatic nitrogens is 1. The molecular formula is C68H60N2. The van der Waals surface area contributed by atoms with Crippen LogP contribution in [0.25, 0.3) is 78.1 Å². The predicted octanol–water partition coefficient (Wildman–Crippen LogP) is 19.1. The van der Waals surface area contributed by atoms with Crippen LogP contribution in [-0.4, -0.2) is 4.57 Å². The van der Waals surface area contributed by atoms with Crippen LogP contribution in [0.15, 0.2) is 242 Å². The van der Waals surface area contributed by atoms with Crippen molar-refractivity contribution in [3.63, 3.8) is 0 Å². The Kier molecular flexibility index (Phi) is 12.4. The van der Waals surface area contributed by atoms with E-state index in [1.165, 1.54) is 83.1 Å². The normalized spacial score (nSPS) is 13.3. The van der Waals surface area contributed by atoms with E-state index in [9.17, 15) is 0 Å². The van der Waals surface area contributed by atoms with Crippen LogP contribution >= 0.6 is 0 Å². The number of nitrogens with zero attached hydrogens (tertiary/aromatic N) is 2. The van der Waals surface area contributed by atoms with E-state index in [-0.39, 0.29) is 5.41 Å². The van der Waals surface area contributed by atoms with Gasteiger partial charge in [-0.1, -0.05) is 198 Å². The summed E-state index contributed by atoms with van der Waals surface area (Å²) in [4.78, 5) is 2.28. The summed E-state index contributed by atoms with van der Waals surface area (Å²) in [6, 6.07) is 64.6. The number of allylic oxidation sites excluding steroid dienone is 8. The molecule has 0 aliphatic heterocycles. The van der Waals surface area contributed by atoms with Gasteiger partial charge in [0.05, 0.1) is 11.0 Å². The third-order valence-corrected chi connectivity index (χ3v) is 14.3. The average molecular weight is 905 g/mol. The molecule has 342 valence electrons. The first-order chi connectivity index (χ1) is 34.1. The van der Waals surface area contributed by atoms with Gasteiger partial charge in [0.1, 0.15) is 0 Å². The molecule has 0 radical (unpaired) electrons. The first-order valence-electron chi connectivity index (χ1n) is 24.6. The molecule has 0 unspecified atom stereocenters. The highest BCUT2D eigenvalue weighted by Gasteiger charge is 2.35. The van der Waals surface area contributed by atoms with Crippen molar-refractivity contribution in [2.75, 3.05) is 4.90 Å². The number of anilines is 2. The van der Waals surface area contributed by atoms with Crippen LogP contribution in [0.5, 0.6) is 0 Å². The minimum atomic E-state index is -0.100. The van der Waals surface area contributed by atoms with Gasteiger partial charge in [0, 0.05) is 38.9 Å². The van der Waals surface area contributed by atoms with E-state index in [1.807, 2.05) is 6.08 Å². The fourth-order valence-electron chi connectivity index (χ4n) is 10.7. The van der Waals surface area contributed by atoms with E-state index in [1.54, 1.807) is 0 Å². The highest BCUT2D eigenvalue weighted by molar-refractivity contribution is 6.16. The van der Waals surface area contributed by atoms with Gasteiger partial charge in [0.15, 0.2) is 0 Å². The Morgan fingerprint density at radius 2 is 1.30 bits per heavy atom. The van der Waals surface area contributed by atoms with Crippen molar-refractivity contribution in [2.45, 2.75) is 53.4 Å². The number of rotatable bonds is 13. The molecule has 0 N–H and O–H groups in total. The summed E-state index contributed by atoms with van der Waals surface area (Å²) in [5.41, 5.74) is 23.6. The van der Waals surface area contributed by atoms with Crippen molar-refractivity contribution in [1.29, 1.82) is 0 Å². The highest BCUT2D eigenvalue weighted by Crippen LogP contribution is 2.50. The summed E-state index contributed by atoms with van der Waals surface area (Å²) in [5, 5.41) is 2.46. The molecule has 2 heteroatoms. The van der Waals surface area contributed by atoms with Crippen molar-refractivity contribution in [3.8, 4) is 50.2 Å². The van der Waals surface area contributed by atoms with Crippen LogP contribution in [0.2, 0.25) is 0 Å². The third-order valence-electron chi connectivity index (χ3n) is 14.3. The zero-order valence-corrected chi connectivity index (χ0v) is 41.3. The van der Waals surface area contributed by atoms with Crippen molar-refractivity contribution < 1.29 is 0 Å². The first-order valence-corrected chi connectivity index (χ1v) is 24.6. The van der Waals surface area contributed by atoms with Crippen LogP contribution in [0.3, 0.4) is 0 Å². The molecule has 2 nitrogen and oxygen atoms in total. The largest absolute Gasteiger partial charge is 0.311 e. The lowest BCUT2D eigenvalue weighted by atomic mass is 9.82. The Labute approximate surface area is 414 Å². The Balaban J connectivity index is 1.06. The SMILES string of the molecule is C=Cc1ccccc1-c1ccc(-c2ccc(N(C(=C)\C=C/C(=C\C)C(/C)=C/C=C\CC)c3cccc(-c4cccc5c4c4ccccc4n5-c4ccc5c(c4)C(C)(C)c4ccccc4-5)c3)cc2)cc1C. The lowest BCUT2D eigenvalue weighted by Crippen LogP contribution is -2.15. The van der Waals surface area contributed by atoms with Crippen molar-refractivity contribution >= 4 is 39.3 Å². The number of hydrogen-bond donors (Lipinski definition) is 0. The number of aryl methyl sites for hydroxylation is 1. The number of fused-ring (bicyclic) bond motifs is 6. The van der Waals surface area contributed by atoms with Gasteiger partial charge in [-0.05, 0) is 160 Å². The molecule has 1 aliphatic rings. The van der Waals surface area contributed by atoms with Crippen molar-refractivity contribution in [2.24, 2.45) is 0 Å². The van der Waals surface area contributed by atoms with E-state index in [0.717, 1.165) is 45.8 Å². The zero-order chi connectivity index (χ0) is 48.5. The van der Waals surface area contributed by atoms with E-state index in [4.69, 9.17) is 6.58 Å². The second-order valence-corrected chi connectivity index (χ2v) is 19.0. The van der Waals surface area contributed by atoms with E-state index >= 15 is 0 Å². The minimum absolute atomic E-state index is 0.100. The van der Waals surface area contributed by atoms with Gasteiger partial charge in [0.25, 0.3) is 0 Å². The molecule has 0 fully saturated rings. The predicted molar refractivity (Wildman–Crippen MR) is 303 cm³/mol. The molecule has 0 bridgehead atoms. The second kappa shape index (κ2) is 19.1. The molecular weight excluding hydrogens is 845 g/mol. The van der Waals surface area contributed by atoms with E-state index < -0.39 is 0 Å². The molecule has 0 amide bonds. The van der Waals surface area contributed by atoms with Gasteiger partial charge in [-0.2, -0.15) is 0 Å². The highest BCUT2D eigenvalue weighted by atomic mass is 15.1. The maximum absolute atomic E-state index is 4.74. The molecule has 9 aromatic rings. The molecule has 70 heavy (non-hydrogen) atoms. The molecule has 0 saturated carbocycles. The minimum Gasteiger partial charge on any atom is -0.311 e. The fourth-order valence-corrected chi connectivity index (χ4v) is 10.7. The van der Waals surface area contributed by atoms with Gasteiger partial charge in [-0.15, -0.1) is 0 Å². The van der Waals surface area contributed by atoms with Crippen molar-refractivity contribution in [1.82, 2.24) is 4.57 Å². The molecule has 1 aliphatic carbocycles. The van der Waals surface area contributed by atoms with Crippen LogP contribution < -0.4 is 4.90 Å². The quantitative estimate of drug-likeness (QED) is 0.105. The number of hydrogen-bond acceptors (Lipinski definition) is 1. The van der Waals surface area contributed by atoms with Gasteiger partial charge >= 0.3 is 0 Å². The molecule has 0 spiro atoms. The second-order valence-electron chi connectivity index (χ2n) is 19.0.